The smallest absolute Gasteiger partial charge is 0.249 e. The van der Waals surface area contributed by atoms with Crippen molar-refractivity contribution in [3.63, 3.8) is 0 Å². The lowest BCUT2D eigenvalue weighted by Gasteiger charge is -2.13. The van der Waals surface area contributed by atoms with Crippen molar-refractivity contribution in [2.45, 2.75) is 31.9 Å². The summed E-state index contributed by atoms with van der Waals surface area (Å²) < 4.78 is 7.57. The first kappa shape index (κ1) is 19.2. The Morgan fingerprint density at radius 2 is 2.11 bits per heavy atom. The molecule has 1 saturated heterocycles. The number of nitrogens with zero attached hydrogens (tertiary/aromatic N) is 2. The lowest BCUT2D eigenvalue weighted by atomic mass is 10.2. The minimum atomic E-state index is -0.313. The number of halogens is 2. The van der Waals surface area contributed by atoms with Crippen LogP contribution in [0.4, 0.5) is 0 Å². The normalized spacial score (nSPS) is 16.6. The summed E-state index contributed by atoms with van der Waals surface area (Å²) in [4.78, 5) is 16.9. The van der Waals surface area contributed by atoms with Crippen LogP contribution in [0.15, 0.2) is 42.5 Å². The first-order valence-electron chi connectivity index (χ1n) is 9.39. The summed E-state index contributed by atoms with van der Waals surface area (Å²) in [7, 11) is 0. The summed E-state index contributed by atoms with van der Waals surface area (Å²) in [6.45, 7) is 1.76. The molecule has 28 heavy (non-hydrogen) atoms. The van der Waals surface area contributed by atoms with E-state index in [2.05, 4.69) is 9.88 Å². The molecule has 0 spiro atoms. The van der Waals surface area contributed by atoms with Crippen molar-refractivity contribution in [3.8, 4) is 0 Å². The summed E-state index contributed by atoms with van der Waals surface area (Å²) in [5.41, 5.74) is 2.93. The monoisotopic (exact) mass is 417 g/mol. The van der Waals surface area contributed by atoms with E-state index >= 15 is 0 Å². The summed E-state index contributed by atoms with van der Waals surface area (Å²) >= 11 is 12.4. The van der Waals surface area contributed by atoms with Crippen molar-refractivity contribution >= 4 is 40.1 Å². The van der Waals surface area contributed by atoms with Gasteiger partial charge in [0.2, 0.25) is 5.91 Å². The van der Waals surface area contributed by atoms with Crippen LogP contribution in [0.2, 0.25) is 10.0 Å². The standard InChI is InChI=1S/C21H21Cl2N3O2/c22-15-8-7-14(16(23)12-15)13-26-18-5-2-1-4-17(18)25-20(26)9-10-24-21(27)19-6-3-11-28-19/h1-2,4-5,7-8,12,19H,3,6,9-11,13H2,(H,24,27). The van der Waals surface area contributed by atoms with Gasteiger partial charge >= 0.3 is 0 Å². The molecule has 1 amide bonds. The zero-order chi connectivity index (χ0) is 19.5. The minimum absolute atomic E-state index is 0.0408. The molecule has 146 valence electrons. The van der Waals surface area contributed by atoms with Crippen molar-refractivity contribution in [3.05, 3.63) is 63.9 Å². The van der Waals surface area contributed by atoms with E-state index < -0.39 is 0 Å². The summed E-state index contributed by atoms with van der Waals surface area (Å²) in [6.07, 6.45) is 2.04. The maximum absolute atomic E-state index is 12.2. The van der Waals surface area contributed by atoms with E-state index in [1.165, 1.54) is 0 Å². The molecule has 0 saturated carbocycles. The number of benzene rings is 2. The molecule has 7 heteroatoms. The average molecular weight is 418 g/mol. The molecule has 0 bridgehead atoms. The predicted octanol–water partition coefficient (Wildman–Crippen LogP) is 4.23. The van der Waals surface area contributed by atoms with E-state index in [0.717, 1.165) is 35.3 Å². The molecule has 1 aliphatic heterocycles. The summed E-state index contributed by atoms with van der Waals surface area (Å²) in [5, 5.41) is 4.21. The molecule has 1 atom stereocenters. The van der Waals surface area contributed by atoms with E-state index in [4.69, 9.17) is 32.9 Å². The van der Waals surface area contributed by atoms with Crippen molar-refractivity contribution in [2.75, 3.05) is 13.2 Å². The number of para-hydroxylation sites is 2. The van der Waals surface area contributed by atoms with E-state index in [-0.39, 0.29) is 12.0 Å². The minimum Gasteiger partial charge on any atom is -0.368 e. The zero-order valence-corrected chi connectivity index (χ0v) is 16.8. The van der Waals surface area contributed by atoms with E-state index in [1.807, 2.05) is 36.4 Å². The molecule has 0 aliphatic carbocycles. The first-order valence-corrected chi connectivity index (χ1v) is 10.1. The fourth-order valence-electron chi connectivity index (χ4n) is 3.51. The number of carbonyl (C=O) groups is 1. The van der Waals surface area contributed by atoms with Gasteiger partial charge in [-0.15, -0.1) is 0 Å². The van der Waals surface area contributed by atoms with E-state index in [0.29, 0.717) is 36.2 Å². The number of amides is 1. The molecular formula is C21H21Cl2N3O2. The SMILES string of the molecule is O=C(NCCc1nc2ccccc2n1Cc1ccc(Cl)cc1Cl)C1CCCO1. The van der Waals surface area contributed by atoms with Gasteiger partial charge in [0.1, 0.15) is 11.9 Å². The van der Waals surface area contributed by atoms with Gasteiger partial charge in [0.05, 0.1) is 17.6 Å². The third kappa shape index (κ3) is 4.17. The van der Waals surface area contributed by atoms with Crippen LogP contribution in [0.3, 0.4) is 0 Å². The van der Waals surface area contributed by atoms with Crippen molar-refractivity contribution in [2.24, 2.45) is 0 Å². The number of rotatable bonds is 6. The number of hydrogen-bond donors (Lipinski definition) is 1. The van der Waals surface area contributed by atoms with Crippen LogP contribution in [-0.4, -0.2) is 34.7 Å². The predicted molar refractivity (Wildman–Crippen MR) is 111 cm³/mol. The Morgan fingerprint density at radius 3 is 2.89 bits per heavy atom. The van der Waals surface area contributed by atoms with Gasteiger partial charge < -0.3 is 14.6 Å². The molecule has 3 aromatic rings. The van der Waals surface area contributed by atoms with E-state index in [9.17, 15) is 4.79 Å². The van der Waals surface area contributed by atoms with Crippen LogP contribution in [0.5, 0.6) is 0 Å². The van der Waals surface area contributed by atoms with Gasteiger partial charge in [-0.1, -0.05) is 41.4 Å². The lowest BCUT2D eigenvalue weighted by Crippen LogP contribution is -2.35. The molecule has 1 N–H and O–H groups in total. The summed E-state index contributed by atoms with van der Waals surface area (Å²) in [6, 6.07) is 13.5. The fraction of sp³-hybridized carbons (Fsp3) is 0.333. The topological polar surface area (TPSA) is 56.2 Å². The van der Waals surface area contributed by atoms with Gasteiger partial charge in [-0.25, -0.2) is 4.98 Å². The van der Waals surface area contributed by atoms with Gasteiger partial charge in [0.15, 0.2) is 0 Å². The van der Waals surface area contributed by atoms with Crippen molar-refractivity contribution in [1.29, 1.82) is 0 Å². The Labute approximate surface area is 173 Å². The van der Waals surface area contributed by atoms with Crippen molar-refractivity contribution < 1.29 is 9.53 Å². The maximum Gasteiger partial charge on any atom is 0.249 e. The Kier molecular flexibility index (Phi) is 5.85. The largest absolute Gasteiger partial charge is 0.368 e. The number of ether oxygens (including phenoxy) is 1. The van der Waals surface area contributed by atoms with Crippen LogP contribution in [0, 0.1) is 0 Å². The molecule has 2 heterocycles. The first-order chi connectivity index (χ1) is 13.6. The number of aromatic nitrogens is 2. The second-order valence-electron chi connectivity index (χ2n) is 6.88. The van der Waals surface area contributed by atoms with Crippen LogP contribution in [-0.2, 0) is 22.5 Å². The number of imidazole rings is 1. The highest BCUT2D eigenvalue weighted by atomic mass is 35.5. The van der Waals surface area contributed by atoms with Crippen LogP contribution in [0.1, 0.15) is 24.2 Å². The maximum atomic E-state index is 12.2. The molecule has 1 fully saturated rings. The number of fused-ring (bicyclic) bond motifs is 1. The molecule has 1 aromatic heterocycles. The average Bonchev–Trinajstić information content (AvgIpc) is 3.33. The highest BCUT2D eigenvalue weighted by Gasteiger charge is 2.23. The van der Waals surface area contributed by atoms with E-state index in [1.54, 1.807) is 6.07 Å². The Morgan fingerprint density at radius 1 is 1.25 bits per heavy atom. The second kappa shape index (κ2) is 8.52. The number of nitrogens with one attached hydrogen (secondary N) is 1. The molecular weight excluding hydrogens is 397 g/mol. The molecule has 4 rings (SSSR count). The Balaban J connectivity index is 1.54. The van der Waals surface area contributed by atoms with Gasteiger partial charge in [-0.05, 0) is 42.7 Å². The van der Waals surface area contributed by atoms with Gasteiger partial charge in [-0.2, -0.15) is 0 Å². The molecule has 1 aliphatic rings. The van der Waals surface area contributed by atoms with Crippen LogP contribution >= 0.6 is 23.2 Å². The number of hydrogen-bond acceptors (Lipinski definition) is 3. The highest BCUT2D eigenvalue weighted by molar-refractivity contribution is 6.35. The lowest BCUT2D eigenvalue weighted by molar-refractivity contribution is -0.130. The number of carbonyl (C=O) groups excluding carboxylic acids is 1. The van der Waals surface area contributed by atoms with Crippen LogP contribution < -0.4 is 5.32 Å². The molecule has 0 radical (unpaired) electrons. The Hall–Kier alpha value is -2.08. The van der Waals surface area contributed by atoms with Crippen molar-refractivity contribution in [1.82, 2.24) is 14.9 Å². The zero-order valence-electron chi connectivity index (χ0n) is 15.3. The second-order valence-corrected chi connectivity index (χ2v) is 7.72. The highest BCUT2D eigenvalue weighted by Crippen LogP contribution is 2.24. The van der Waals surface area contributed by atoms with Crippen LogP contribution in [0.25, 0.3) is 11.0 Å². The summed E-state index contributed by atoms with van der Waals surface area (Å²) in [5.74, 6) is 0.862. The third-order valence-corrected chi connectivity index (χ3v) is 5.53. The molecule has 5 nitrogen and oxygen atoms in total. The van der Waals surface area contributed by atoms with Gasteiger partial charge in [0.25, 0.3) is 0 Å². The molecule has 2 aromatic carbocycles. The molecule has 1 unspecified atom stereocenters. The van der Waals surface area contributed by atoms with Gasteiger partial charge in [-0.3, -0.25) is 4.79 Å². The Bertz CT molecular complexity index is 996. The quantitative estimate of drug-likeness (QED) is 0.652. The fourth-order valence-corrected chi connectivity index (χ4v) is 3.98. The van der Waals surface area contributed by atoms with Gasteiger partial charge in [0, 0.05) is 29.6 Å². The third-order valence-electron chi connectivity index (χ3n) is 4.95.